The van der Waals surface area contributed by atoms with Crippen LogP contribution in [0.15, 0.2) is 353 Å². The molecule has 0 bridgehead atoms. The van der Waals surface area contributed by atoms with Crippen LogP contribution in [-0.2, 0) is 80.4 Å². The maximum Gasteiger partial charge on any atom is 0.188 e. The number of pyridine rings is 4. The predicted molar refractivity (Wildman–Crippen MR) is 505 cm³/mol. The van der Waals surface area contributed by atoms with Gasteiger partial charge in [-0.05, 0) is 159 Å². The van der Waals surface area contributed by atoms with Crippen LogP contribution in [-0.4, -0.2) is 47.5 Å². The third kappa shape index (κ3) is 14.9. The fourth-order valence-electron chi connectivity index (χ4n) is 18.2. The number of fused-ring (bicyclic) bond motifs is 26. The smallest absolute Gasteiger partial charge is 0.188 e. The van der Waals surface area contributed by atoms with Crippen molar-refractivity contribution in [2.45, 2.75) is 54.4 Å². The average Bonchev–Trinajstić information content (AvgIpc) is 1.51. The molecule has 24 aromatic rings. The van der Waals surface area contributed by atoms with Crippen molar-refractivity contribution in [3.8, 4) is 78.3 Å². The second-order valence-corrected chi connectivity index (χ2v) is 31.8. The molecule has 0 amide bonds. The first-order valence-electron chi connectivity index (χ1n) is 41.5. The van der Waals surface area contributed by atoms with E-state index in [1.165, 1.54) is 143 Å². The standard InChI is InChI=1S/C35H25N2.C33H21N2.C24H19N2.C20H15N4.4Ir/c1-23-20-31-29-16-9-10-17-30(29)35-36-22-33(37(35)32(31)21-24(23)2)34-27(25-12-5-3-6-13-25)18-11-19-28(34)26-14-7-4-8-15-26;1-3-12-23(13-4-1)25-19-11-20-26(24-14-5-2-6-15-24)32(25)31-22-34-33-29-18-8-7-16-27(29)28-17-9-10-21-30(28)35(31)33;1-15-11-12-21-20(13-15)18-9-4-5-10-19(18)24-25-14-22(26(21)24)23-16(2)7-6-8-17(23)3;1-12(2)13-7-8-17-16(11-13)14-5-3-4-6-15(14)19-23-18-20(24(17)19)22-10-9-21-18;;;;/h3-16,18-22H,1-2H3;1-17,19-22H;4-9,11-14H,1-3H3;3-5,7-12H,1-2H3;;;;/q4*-1;;;;. The van der Waals surface area contributed by atoms with Gasteiger partial charge in [0.2, 0.25) is 0 Å². The van der Waals surface area contributed by atoms with Gasteiger partial charge in [-0.25, -0.2) is 9.97 Å². The van der Waals surface area contributed by atoms with Crippen LogP contribution in [0.3, 0.4) is 0 Å². The van der Waals surface area contributed by atoms with E-state index in [1.807, 2.05) is 55.0 Å². The fourth-order valence-corrected chi connectivity index (χ4v) is 18.2. The molecule has 0 N–H and O–H groups in total. The van der Waals surface area contributed by atoms with Crippen molar-refractivity contribution >= 4 is 121 Å². The molecule has 0 saturated carbocycles. The van der Waals surface area contributed by atoms with Crippen molar-refractivity contribution in [3.63, 3.8) is 0 Å². The van der Waals surface area contributed by atoms with Crippen LogP contribution in [0, 0.1) is 58.9 Å². The summed E-state index contributed by atoms with van der Waals surface area (Å²) in [7, 11) is 0. The van der Waals surface area contributed by atoms with Crippen LogP contribution in [0.4, 0.5) is 0 Å². The maximum atomic E-state index is 5.03. The van der Waals surface area contributed by atoms with Gasteiger partial charge in [0, 0.05) is 150 Å². The van der Waals surface area contributed by atoms with Crippen molar-refractivity contribution in [2.75, 3.05) is 0 Å². The number of para-hydroxylation sites is 1. The molecule has 0 atom stereocenters. The number of aryl methyl sites for hydroxylation is 5. The van der Waals surface area contributed by atoms with E-state index in [-0.39, 0.29) is 80.4 Å². The van der Waals surface area contributed by atoms with Crippen molar-refractivity contribution < 1.29 is 80.4 Å². The second-order valence-electron chi connectivity index (χ2n) is 31.8. The minimum atomic E-state index is 0. The van der Waals surface area contributed by atoms with Gasteiger partial charge in [-0.3, -0.25) is 19.9 Å². The molecule has 0 aliphatic rings. The molecule has 0 spiro atoms. The summed E-state index contributed by atoms with van der Waals surface area (Å²) in [5, 5.41) is 13.8. The largest absolute Gasteiger partial charge is 0.333 e. The quantitative estimate of drug-likeness (QED) is 0.111. The Labute approximate surface area is 784 Å². The Morgan fingerprint density at radius 3 is 1.10 bits per heavy atom. The van der Waals surface area contributed by atoms with Crippen molar-refractivity contribution in [3.05, 3.63) is 410 Å². The number of benzene rings is 15. The van der Waals surface area contributed by atoms with E-state index in [0.29, 0.717) is 11.6 Å². The van der Waals surface area contributed by atoms with E-state index in [4.69, 9.17) is 19.9 Å². The molecule has 14 heteroatoms. The molecule has 0 unspecified atom stereocenters. The normalized spacial score (nSPS) is 11.3. The van der Waals surface area contributed by atoms with Gasteiger partial charge < -0.3 is 17.6 Å². The van der Waals surface area contributed by atoms with Crippen molar-refractivity contribution in [1.82, 2.24) is 47.5 Å². The molecular weight excluding hydrogens is 2250 g/mol. The van der Waals surface area contributed by atoms with Crippen molar-refractivity contribution in [2.24, 2.45) is 0 Å². The van der Waals surface area contributed by atoms with Crippen LogP contribution < -0.4 is 0 Å². The summed E-state index contributed by atoms with van der Waals surface area (Å²) in [4.78, 5) is 28.4. The Kier molecular flexibility index (Phi) is 24.3. The number of rotatable bonds is 8. The van der Waals surface area contributed by atoms with E-state index >= 15 is 0 Å². The number of hydrogen-bond acceptors (Lipinski definition) is 6. The Balaban J connectivity index is 0.000000119. The van der Waals surface area contributed by atoms with E-state index in [9.17, 15) is 0 Å². The molecule has 10 nitrogen and oxygen atoms in total. The van der Waals surface area contributed by atoms with E-state index in [1.54, 1.807) is 12.4 Å². The van der Waals surface area contributed by atoms with Gasteiger partial charge in [0.25, 0.3) is 0 Å². The van der Waals surface area contributed by atoms with Gasteiger partial charge >= 0.3 is 0 Å². The molecule has 15 aromatic carbocycles. The number of hydrogen-bond donors (Lipinski definition) is 0. The summed E-state index contributed by atoms with van der Waals surface area (Å²) < 4.78 is 9.04. The molecule has 0 saturated heterocycles. The summed E-state index contributed by atoms with van der Waals surface area (Å²) in [6.45, 7) is 15.3. The Morgan fingerprint density at radius 1 is 0.262 bits per heavy atom. The zero-order valence-corrected chi connectivity index (χ0v) is 79.4. The SMILES string of the molecule is CC(C)c1ccc2c(c1)c1ccc[c-]c1c1nc3nccnc3n21.Cc1cc2c3ccc[c-]c3c3ncc(-c4c(-c5ccccc5)cccc4-c4ccccc4)n3c2cc1C.Cc1ccc2c(c1)c1ccc[c-]c1c1ncc(-c3c(C)cccc3C)n21.[Ir].[Ir].[Ir].[Ir].[c-]1cccc2c1c1ncc(-c3c(-c4ccccc4)cccc3-c3ccccc3)n1c1ccccc21. The summed E-state index contributed by atoms with van der Waals surface area (Å²) in [5.41, 5.74) is 33.8. The fraction of sp³-hybridized carbons (Fsp3) is 0.0714. The summed E-state index contributed by atoms with van der Waals surface area (Å²) >= 11 is 0. The molecule has 0 aliphatic heterocycles. The average molecular weight is 2330 g/mol. The Morgan fingerprint density at radius 2 is 0.627 bits per heavy atom. The Bertz CT molecular complexity index is 8110. The summed E-state index contributed by atoms with van der Waals surface area (Å²) in [6.07, 6.45) is 9.46. The molecule has 9 heterocycles. The third-order valence-electron chi connectivity index (χ3n) is 24.1. The topological polar surface area (TPSA) is 95.0 Å². The van der Waals surface area contributed by atoms with Gasteiger partial charge in [-0.1, -0.05) is 265 Å². The first-order chi connectivity index (χ1) is 60.0. The molecule has 4 radical (unpaired) electrons. The van der Waals surface area contributed by atoms with E-state index in [2.05, 4.69) is 385 Å². The predicted octanol–water partition coefficient (Wildman–Crippen LogP) is 28.0. The molecular formula is C112H80Ir4N10-4. The van der Waals surface area contributed by atoms with Gasteiger partial charge in [0.05, 0.1) is 39.7 Å². The Hall–Kier alpha value is -12.9. The van der Waals surface area contributed by atoms with E-state index in [0.717, 1.165) is 83.3 Å². The molecule has 9 aromatic heterocycles. The maximum absolute atomic E-state index is 5.03. The summed E-state index contributed by atoms with van der Waals surface area (Å²) in [6, 6.07) is 127. The first-order valence-corrected chi connectivity index (χ1v) is 41.5. The van der Waals surface area contributed by atoms with Crippen LogP contribution >= 0.6 is 0 Å². The molecule has 24 rings (SSSR count). The second kappa shape index (κ2) is 36.0. The monoisotopic (exact) mass is 2340 g/mol. The van der Waals surface area contributed by atoms with Gasteiger partial charge in [0.1, 0.15) is 0 Å². The third-order valence-corrected chi connectivity index (χ3v) is 24.1. The zero-order chi connectivity index (χ0) is 82.2. The van der Waals surface area contributed by atoms with Crippen LogP contribution in [0.5, 0.6) is 0 Å². The van der Waals surface area contributed by atoms with Crippen LogP contribution in [0.25, 0.3) is 199 Å². The molecule has 126 heavy (non-hydrogen) atoms. The van der Waals surface area contributed by atoms with E-state index < -0.39 is 0 Å². The van der Waals surface area contributed by atoms with Crippen molar-refractivity contribution in [1.29, 1.82) is 0 Å². The molecule has 0 aliphatic carbocycles. The van der Waals surface area contributed by atoms with Gasteiger partial charge in [-0.2, -0.15) is 0 Å². The van der Waals surface area contributed by atoms with Crippen LogP contribution in [0.1, 0.15) is 53.1 Å². The molecule has 618 valence electrons. The van der Waals surface area contributed by atoms with Crippen LogP contribution in [0.2, 0.25) is 0 Å². The van der Waals surface area contributed by atoms with Gasteiger partial charge in [-0.15, -0.1) is 119 Å². The number of aromatic nitrogens is 10. The summed E-state index contributed by atoms with van der Waals surface area (Å²) in [5.74, 6) is 0.479. The zero-order valence-electron chi connectivity index (χ0n) is 69.9. The number of nitrogens with zero attached hydrogens (tertiary/aromatic N) is 10. The molecule has 0 fully saturated rings. The minimum absolute atomic E-state index is 0. The first kappa shape index (κ1) is 85.3. The number of imidazole rings is 4. The van der Waals surface area contributed by atoms with Gasteiger partial charge in [0.15, 0.2) is 11.3 Å². The minimum Gasteiger partial charge on any atom is -0.333 e.